The number of hydrogen-bond donors (Lipinski definition) is 5. The molecule has 0 radical (unpaired) electrons. The number of carboxylic acids is 1. The second-order valence-corrected chi connectivity index (χ2v) is 8.77. The summed E-state index contributed by atoms with van der Waals surface area (Å²) in [5.41, 5.74) is 5.41. The summed E-state index contributed by atoms with van der Waals surface area (Å²) in [5.74, 6) is -3.38. The predicted octanol–water partition coefficient (Wildman–Crippen LogP) is 2.92. The van der Waals surface area contributed by atoms with Crippen molar-refractivity contribution in [1.82, 2.24) is 4.90 Å². The van der Waals surface area contributed by atoms with Crippen molar-refractivity contribution in [2.24, 2.45) is 5.73 Å². The number of amides is 2. The van der Waals surface area contributed by atoms with Gasteiger partial charge in [-0.25, -0.2) is 14.5 Å². The molecule has 2 atom stereocenters. The standard InChI is InChI=1S/C27H28N2O8/c1-27(25(34)35,15-19-9-12-22(31)23(32)14-19)29(26(36)37-16-18-5-3-2-4-6-18)24(33)21(28)13-17-7-10-20(30)11-8-17/h2-12,14,21,30-32H,13,15-16,28H2,1H3,(H,34,35)/t21-,27-/m0/s1. The van der Waals surface area contributed by atoms with Gasteiger partial charge < -0.3 is 30.9 Å². The summed E-state index contributed by atoms with van der Waals surface area (Å²) in [6.07, 6.45) is -1.66. The highest BCUT2D eigenvalue weighted by molar-refractivity contribution is 6.00. The van der Waals surface area contributed by atoms with Crippen molar-refractivity contribution >= 4 is 18.0 Å². The molecular weight excluding hydrogens is 480 g/mol. The molecule has 0 heterocycles. The summed E-state index contributed by atoms with van der Waals surface area (Å²) in [7, 11) is 0. The zero-order valence-corrected chi connectivity index (χ0v) is 20.1. The predicted molar refractivity (Wildman–Crippen MR) is 133 cm³/mol. The molecule has 0 aliphatic rings. The van der Waals surface area contributed by atoms with E-state index in [1.165, 1.54) is 31.2 Å². The van der Waals surface area contributed by atoms with Gasteiger partial charge in [0.15, 0.2) is 17.0 Å². The number of nitrogens with zero attached hydrogens (tertiary/aromatic N) is 1. The molecule has 0 unspecified atom stereocenters. The smallest absolute Gasteiger partial charge is 0.417 e. The van der Waals surface area contributed by atoms with E-state index in [0.29, 0.717) is 16.0 Å². The molecule has 2 amide bonds. The number of benzene rings is 3. The van der Waals surface area contributed by atoms with E-state index in [1.807, 2.05) is 0 Å². The Kier molecular flexibility index (Phi) is 8.36. The Morgan fingerprint density at radius 3 is 2.11 bits per heavy atom. The molecule has 0 saturated heterocycles. The molecular formula is C27H28N2O8. The molecule has 3 rings (SSSR count). The van der Waals surface area contributed by atoms with Crippen LogP contribution in [0.25, 0.3) is 0 Å². The molecule has 0 bridgehead atoms. The molecule has 6 N–H and O–H groups in total. The van der Waals surface area contributed by atoms with Crippen LogP contribution >= 0.6 is 0 Å². The number of aliphatic carboxylic acids is 1. The van der Waals surface area contributed by atoms with E-state index in [9.17, 15) is 34.8 Å². The maximum atomic E-state index is 13.5. The average Bonchev–Trinajstić information content (AvgIpc) is 2.87. The first-order valence-corrected chi connectivity index (χ1v) is 11.3. The molecule has 3 aromatic rings. The number of hydrogen-bond acceptors (Lipinski definition) is 8. The number of ether oxygens (including phenoxy) is 1. The first kappa shape index (κ1) is 27.0. The van der Waals surface area contributed by atoms with Crippen LogP contribution in [0.5, 0.6) is 17.2 Å². The van der Waals surface area contributed by atoms with Gasteiger partial charge in [0.25, 0.3) is 0 Å². The third-order valence-electron chi connectivity index (χ3n) is 5.86. The molecule has 10 heteroatoms. The fourth-order valence-corrected chi connectivity index (χ4v) is 3.78. The van der Waals surface area contributed by atoms with E-state index in [0.717, 1.165) is 6.07 Å². The molecule has 10 nitrogen and oxygen atoms in total. The van der Waals surface area contributed by atoms with Crippen molar-refractivity contribution in [3.05, 3.63) is 89.5 Å². The summed E-state index contributed by atoms with van der Waals surface area (Å²) >= 11 is 0. The number of carboxylic acid groups (broad SMARTS) is 1. The van der Waals surface area contributed by atoms with Crippen molar-refractivity contribution < 1.29 is 39.5 Å². The van der Waals surface area contributed by atoms with Crippen LogP contribution in [0.3, 0.4) is 0 Å². The third kappa shape index (κ3) is 6.56. The number of phenols is 3. The molecule has 0 aliphatic heterocycles. The van der Waals surface area contributed by atoms with Gasteiger partial charge in [-0.1, -0.05) is 48.5 Å². The number of carbonyl (C=O) groups excluding carboxylic acids is 2. The quantitative estimate of drug-likeness (QED) is 0.273. The van der Waals surface area contributed by atoms with E-state index in [-0.39, 0.29) is 24.3 Å². The largest absolute Gasteiger partial charge is 0.508 e. The van der Waals surface area contributed by atoms with Crippen molar-refractivity contribution in [3.63, 3.8) is 0 Å². The number of phenolic OH excluding ortho intramolecular Hbond substituents is 3. The third-order valence-corrected chi connectivity index (χ3v) is 5.86. The topological polar surface area (TPSA) is 171 Å². The van der Waals surface area contributed by atoms with Gasteiger partial charge in [0.2, 0.25) is 5.91 Å². The summed E-state index contributed by atoms with van der Waals surface area (Å²) in [6, 6.07) is 16.9. The van der Waals surface area contributed by atoms with Gasteiger partial charge in [-0.3, -0.25) is 4.79 Å². The van der Waals surface area contributed by atoms with Crippen LogP contribution in [-0.2, 0) is 33.8 Å². The lowest BCUT2D eigenvalue weighted by Crippen LogP contribution is -2.62. The van der Waals surface area contributed by atoms with Gasteiger partial charge in [-0.15, -0.1) is 0 Å². The van der Waals surface area contributed by atoms with E-state index >= 15 is 0 Å². The summed E-state index contributed by atoms with van der Waals surface area (Å²) < 4.78 is 5.33. The Morgan fingerprint density at radius 2 is 1.51 bits per heavy atom. The van der Waals surface area contributed by atoms with Crippen molar-refractivity contribution in [3.8, 4) is 17.2 Å². The zero-order chi connectivity index (χ0) is 27.2. The van der Waals surface area contributed by atoms with Gasteiger partial charge in [-0.2, -0.15) is 0 Å². The minimum atomic E-state index is -2.17. The molecule has 0 spiro atoms. The fourth-order valence-electron chi connectivity index (χ4n) is 3.78. The van der Waals surface area contributed by atoms with E-state index < -0.39 is 47.5 Å². The van der Waals surface area contributed by atoms with E-state index in [4.69, 9.17) is 10.5 Å². The first-order valence-electron chi connectivity index (χ1n) is 11.3. The van der Waals surface area contributed by atoms with Gasteiger partial charge in [0.05, 0.1) is 6.04 Å². The first-order chi connectivity index (χ1) is 17.5. The highest BCUT2D eigenvalue weighted by Gasteiger charge is 2.48. The van der Waals surface area contributed by atoms with Gasteiger partial charge in [-0.05, 0) is 54.3 Å². The van der Waals surface area contributed by atoms with Gasteiger partial charge in [0.1, 0.15) is 12.4 Å². The van der Waals surface area contributed by atoms with Crippen LogP contribution in [0, 0.1) is 0 Å². The second-order valence-electron chi connectivity index (χ2n) is 8.77. The second kappa shape index (κ2) is 11.4. The van der Waals surface area contributed by atoms with Crippen molar-refractivity contribution in [2.75, 3.05) is 0 Å². The Hall–Kier alpha value is -4.57. The Morgan fingerprint density at radius 1 is 0.892 bits per heavy atom. The molecule has 0 saturated carbocycles. The summed E-state index contributed by atoms with van der Waals surface area (Å²) in [6.45, 7) is 0.959. The normalized spacial score (nSPS) is 13.2. The monoisotopic (exact) mass is 508 g/mol. The van der Waals surface area contributed by atoms with E-state index in [1.54, 1.807) is 42.5 Å². The minimum Gasteiger partial charge on any atom is -0.508 e. The summed E-state index contributed by atoms with van der Waals surface area (Å²) in [5, 5.41) is 39.2. The Labute approximate surface area is 213 Å². The minimum absolute atomic E-state index is 0.0189. The number of nitrogens with two attached hydrogens (primary N) is 1. The van der Waals surface area contributed by atoms with Crippen LogP contribution in [0.15, 0.2) is 72.8 Å². The highest BCUT2D eigenvalue weighted by atomic mass is 16.6. The average molecular weight is 509 g/mol. The van der Waals surface area contributed by atoms with E-state index in [2.05, 4.69) is 0 Å². The molecule has 194 valence electrons. The lowest BCUT2D eigenvalue weighted by Gasteiger charge is -2.37. The number of carbonyl (C=O) groups is 3. The van der Waals surface area contributed by atoms with Crippen LogP contribution < -0.4 is 5.73 Å². The number of rotatable bonds is 9. The number of imide groups is 1. The van der Waals surface area contributed by atoms with Crippen LogP contribution in [0.2, 0.25) is 0 Å². The molecule has 0 aromatic heterocycles. The van der Waals surface area contributed by atoms with Crippen LogP contribution in [-0.4, -0.2) is 54.9 Å². The van der Waals surface area contributed by atoms with Crippen molar-refractivity contribution in [1.29, 1.82) is 0 Å². The molecule has 3 aromatic carbocycles. The lowest BCUT2D eigenvalue weighted by atomic mass is 9.89. The maximum Gasteiger partial charge on any atom is 0.417 e. The molecule has 0 fully saturated rings. The van der Waals surface area contributed by atoms with Gasteiger partial charge in [0, 0.05) is 6.42 Å². The maximum absolute atomic E-state index is 13.5. The lowest BCUT2D eigenvalue weighted by molar-refractivity contribution is -0.156. The molecule has 0 aliphatic carbocycles. The SMILES string of the molecule is C[C@](Cc1ccc(O)c(O)c1)(C(=O)O)N(C(=O)OCc1ccccc1)C(=O)[C@@H](N)Cc1ccc(O)cc1. The Bertz CT molecular complexity index is 1260. The Balaban J connectivity index is 1.95. The number of aromatic hydroxyl groups is 3. The van der Waals surface area contributed by atoms with Crippen LogP contribution in [0.1, 0.15) is 23.6 Å². The zero-order valence-electron chi connectivity index (χ0n) is 20.1. The fraction of sp³-hybridized carbons (Fsp3) is 0.222. The summed E-state index contributed by atoms with van der Waals surface area (Å²) in [4.78, 5) is 39.8. The molecule has 37 heavy (non-hydrogen) atoms. The van der Waals surface area contributed by atoms with Crippen LogP contribution in [0.4, 0.5) is 4.79 Å². The van der Waals surface area contributed by atoms with Crippen molar-refractivity contribution in [2.45, 2.75) is 38.0 Å². The highest BCUT2D eigenvalue weighted by Crippen LogP contribution is 2.30. The van der Waals surface area contributed by atoms with Gasteiger partial charge >= 0.3 is 12.1 Å².